The van der Waals surface area contributed by atoms with Crippen LogP contribution in [-0.4, -0.2) is 44.8 Å². The molecule has 0 saturated carbocycles. The molecule has 0 aliphatic carbocycles. The SMILES string of the molecule is Cc1cc(C)cc(CN(CCCCN(C)C)S(=O)(=O)c2ccc(Cl)cc2Cl)c1. The van der Waals surface area contributed by atoms with Gasteiger partial charge in [-0.25, -0.2) is 8.42 Å². The first-order valence-corrected chi connectivity index (χ1v) is 11.5. The Hall–Kier alpha value is -1.11. The molecule has 0 aliphatic rings. The van der Waals surface area contributed by atoms with Crippen molar-refractivity contribution in [3.8, 4) is 0 Å². The maximum atomic E-state index is 13.4. The molecule has 2 aromatic rings. The third-order valence-corrected chi connectivity index (χ3v) is 6.98. The second-order valence-electron chi connectivity index (χ2n) is 7.42. The van der Waals surface area contributed by atoms with Gasteiger partial charge in [-0.2, -0.15) is 4.31 Å². The van der Waals surface area contributed by atoms with Crippen molar-refractivity contribution >= 4 is 33.2 Å². The van der Waals surface area contributed by atoms with Gasteiger partial charge in [-0.15, -0.1) is 0 Å². The monoisotopic (exact) mass is 442 g/mol. The third-order valence-electron chi connectivity index (χ3n) is 4.41. The van der Waals surface area contributed by atoms with Crippen LogP contribution in [0.15, 0.2) is 41.3 Å². The van der Waals surface area contributed by atoms with Crippen molar-refractivity contribution < 1.29 is 8.42 Å². The number of rotatable bonds is 9. The second kappa shape index (κ2) is 10.1. The van der Waals surface area contributed by atoms with Gasteiger partial charge < -0.3 is 4.90 Å². The molecule has 0 saturated heterocycles. The number of benzene rings is 2. The highest BCUT2D eigenvalue weighted by Gasteiger charge is 2.27. The van der Waals surface area contributed by atoms with Crippen LogP contribution in [0, 0.1) is 13.8 Å². The summed E-state index contributed by atoms with van der Waals surface area (Å²) in [7, 11) is 0.279. The topological polar surface area (TPSA) is 40.6 Å². The van der Waals surface area contributed by atoms with Gasteiger partial charge in [0.15, 0.2) is 0 Å². The summed E-state index contributed by atoms with van der Waals surface area (Å²) in [6, 6.07) is 10.6. The number of unbranched alkanes of at least 4 members (excludes halogenated alkanes) is 1. The number of aryl methyl sites for hydroxylation is 2. The van der Waals surface area contributed by atoms with Crippen LogP contribution in [0.3, 0.4) is 0 Å². The summed E-state index contributed by atoms with van der Waals surface area (Å²) in [5.74, 6) is 0. The van der Waals surface area contributed by atoms with Crippen LogP contribution in [0.5, 0.6) is 0 Å². The van der Waals surface area contributed by atoms with Crippen LogP contribution in [0.4, 0.5) is 0 Å². The fraction of sp³-hybridized carbons (Fsp3) is 0.429. The molecular formula is C21H28Cl2N2O2S. The first kappa shape index (κ1) is 23.2. The van der Waals surface area contributed by atoms with Crippen molar-refractivity contribution in [2.24, 2.45) is 0 Å². The van der Waals surface area contributed by atoms with Crippen molar-refractivity contribution in [1.82, 2.24) is 9.21 Å². The minimum atomic E-state index is -3.74. The number of sulfonamides is 1. The molecule has 0 bridgehead atoms. The molecule has 0 unspecified atom stereocenters. The van der Waals surface area contributed by atoms with E-state index in [-0.39, 0.29) is 9.92 Å². The molecule has 0 radical (unpaired) electrons. The molecular weight excluding hydrogens is 415 g/mol. The lowest BCUT2D eigenvalue weighted by Gasteiger charge is -2.24. The molecule has 2 aromatic carbocycles. The minimum Gasteiger partial charge on any atom is -0.309 e. The molecule has 0 atom stereocenters. The van der Waals surface area contributed by atoms with Gasteiger partial charge in [-0.1, -0.05) is 52.5 Å². The van der Waals surface area contributed by atoms with Crippen molar-refractivity contribution in [2.75, 3.05) is 27.2 Å². The first-order valence-electron chi connectivity index (χ1n) is 9.26. The summed E-state index contributed by atoms with van der Waals surface area (Å²) < 4.78 is 28.2. The second-order valence-corrected chi connectivity index (χ2v) is 10.2. The van der Waals surface area contributed by atoms with Gasteiger partial charge >= 0.3 is 0 Å². The van der Waals surface area contributed by atoms with E-state index in [1.54, 1.807) is 6.07 Å². The summed E-state index contributed by atoms with van der Waals surface area (Å²) in [6.45, 7) is 5.69. The molecule has 0 amide bonds. The van der Waals surface area contributed by atoms with Gasteiger partial charge in [-0.3, -0.25) is 0 Å². The Kier molecular flexibility index (Phi) is 8.34. The zero-order valence-electron chi connectivity index (χ0n) is 16.9. The van der Waals surface area contributed by atoms with Crippen molar-refractivity contribution in [2.45, 2.75) is 38.1 Å². The Balaban J connectivity index is 2.32. The maximum Gasteiger partial charge on any atom is 0.244 e. The summed E-state index contributed by atoms with van der Waals surface area (Å²) in [5.41, 5.74) is 3.20. The van der Waals surface area contributed by atoms with E-state index in [9.17, 15) is 8.42 Å². The van der Waals surface area contributed by atoms with E-state index in [1.807, 2.05) is 40.1 Å². The van der Waals surface area contributed by atoms with E-state index in [4.69, 9.17) is 23.2 Å². The summed E-state index contributed by atoms with van der Waals surface area (Å²) in [6.07, 6.45) is 1.69. The maximum absolute atomic E-state index is 13.4. The number of hydrogen-bond donors (Lipinski definition) is 0. The molecule has 2 rings (SSSR count). The average Bonchev–Trinajstić information content (AvgIpc) is 2.56. The summed E-state index contributed by atoms with van der Waals surface area (Å²) in [5, 5.41) is 0.557. The number of halogens is 2. The van der Waals surface area contributed by atoms with Crippen LogP contribution in [0.1, 0.15) is 29.5 Å². The van der Waals surface area contributed by atoms with Crippen LogP contribution < -0.4 is 0 Å². The van der Waals surface area contributed by atoms with Crippen LogP contribution in [0.2, 0.25) is 10.0 Å². The average molecular weight is 443 g/mol. The molecule has 28 heavy (non-hydrogen) atoms. The molecule has 0 fully saturated rings. The van der Waals surface area contributed by atoms with Crippen LogP contribution in [-0.2, 0) is 16.6 Å². The zero-order chi connectivity index (χ0) is 20.9. The lowest BCUT2D eigenvalue weighted by atomic mass is 10.1. The highest BCUT2D eigenvalue weighted by molar-refractivity contribution is 7.89. The molecule has 0 aromatic heterocycles. The summed E-state index contributed by atoms with van der Waals surface area (Å²) >= 11 is 12.2. The van der Waals surface area contributed by atoms with Crippen LogP contribution >= 0.6 is 23.2 Å². The Morgan fingerprint density at radius 1 is 0.893 bits per heavy atom. The summed E-state index contributed by atoms with van der Waals surface area (Å²) in [4.78, 5) is 2.19. The van der Waals surface area contributed by atoms with Gasteiger partial charge in [0.2, 0.25) is 10.0 Å². The lowest BCUT2D eigenvalue weighted by molar-refractivity contribution is 0.358. The van der Waals surface area contributed by atoms with E-state index in [2.05, 4.69) is 11.0 Å². The number of hydrogen-bond acceptors (Lipinski definition) is 3. The predicted octanol–water partition coefficient (Wildman–Crippen LogP) is 5.14. The standard InChI is InChI=1S/C21H28Cl2N2O2S/c1-16-11-17(2)13-18(12-16)15-25(10-6-5-9-24(3)4)28(26,27)21-8-7-19(22)14-20(21)23/h7-8,11-14H,5-6,9-10,15H2,1-4H3. The normalized spacial score (nSPS) is 12.1. The van der Waals surface area contributed by atoms with Crippen LogP contribution in [0.25, 0.3) is 0 Å². The Morgan fingerprint density at radius 2 is 1.50 bits per heavy atom. The van der Waals surface area contributed by atoms with Crippen molar-refractivity contribution in [3.63, 3.8) is 0 Å². The van der Waals surface area contributed by atoms with Gasteiger partial charge in [0.05, 0.1) is 5.02 Å². The van der Waals surface area contributed by atoms with E-state index >= 15 is 0 Å². The molecule has 7 heteroatoms. The fourth-order valence-electron chi connectivity index (χ4n) is 3.19. The molecule has 0 aliphatic heterocycles. The molecule has 0 N–H and O–H groups in total. The first-order chi connectivity index (χ1) is 13.1. The fourth-order valence-corrected chi connectivity index (χ4v) is 5.40. The van der Waals surface area contributed by atoms with E-state index < -0.39 is 10.0 Å². The smallest absolute Gasteiger partial charge is 0.244 e. The number of nitrogens with zero attached hydrogens (tertiary/aromatic N) is 2. The van der Waals surface area contributed by atoms with Gasteiger partial charge in [0, 0.05) is 18.1 Å². The van der Waals surface area contributed by atoms with Gasteiger partial charge in [0.1, 0.15) is 4.90 Å². The largest absolute Gasteiger partial charge is 0.309 e. The zero-order valence-corrected chi connectivity index (χ0v) is 19.2. The van der Waals surface area contributed by atoms with Gasteiger partial charge in [0.25, 0.3) is 0 Å². The quantitative estimate of drug-likeness (QED) is 0.504. The predicted molar refractivity (Wildman–Crippen MR) is 118 cm³/mol. The van der Waals surface area contributed by atoms with E-state index in [0.29, 0.717) is 18.1 Å². The van der Waals surface area contributed by atoms with Gasteiger partial charge in [-0.05, 0) is 71.1 Å². The Morgan fingerprint density at radius 3 is 2.07 bits per heavy atom. The van der Waals surface area contributed by atoms with E-state index in [0.717, 1.165) is 36.1 Å². The van der Waals surface area contributed by atoms with Crippen molar-refractivity contribution in [1.29, 1.82) is 0 Å². The van der Waals surface area contributed by atoms with E-state index in [1.165, 1.54) is 16.4 Å². The molecule has 4 nitrogen and oxygen atoms in total. The molecule has 154 valence electrons. The minimum absolute atomic E-state index is 0.0931. The third kappa shape index (κ3) is 6.46. The Bertz CT molecular complexity index is 894. The van der Waals surface area contributed by atoms with Crippen molar-refractivity contribution in [3.05, 3.63) is 63.1 Å². The molecule has 0 spiro atoms. The lowest BCUT2D eigenvalue weighted by Crippen LogP contribution is -2.32. The highest BCUT2D eigenvalue weighted by atomic mass is 35.5. The highest BCUT2D eigenvalue weighted by Crippen LogP contribution is 2.29. The Labute approximate surface area is 179 Å². The molecule has 0 heterocycles.